The highest BCUT2D eigenvalue weighted by Gasteiger charge is 2.14. The summed E-state index contributed by atoms with van der Waals surface area (Å²) >= 11 is 1.24. The molecule has 0 aliphatic carbocycles. The molecule has 0 amide bonds. The second kappa shape index (κ2) is 5.64. The van der Waals surface area contributed by atoms with Gasteiger partial charge >= 0.3 is 0 Å². The Labute approximate surface area is 125 Å². The molecule has 0 radical (unpaired) electrons. The van der Waals surface area contributed by atoms with Crippen LogP contribution >= 0.6 is 11.5 Å². The summed E-state index contributed by atoms with van der Waals surface area (Å²) in [6.45, 7) is 0. The minimum atomic E-state index is 0.403. The lowest BCUT2D eigenvalue weighted by molar-refractivity contribution is 0.900. The van der Waals surface area contributed by atoms with E-state index in [2.05, 4.69) is 25.9 Å². The van der Waals surface area contributed by atoms with E-state index in [0.717, 1.165) is 5.56 Å². The van der Waals surface area contributed by atoms with Crippen LogP contribution in [0.5, 0.6) is 0 Å². The van der Waals surface area contributed by atoms with E-state index >= 15 is 0 Å². The first-order chi connectivity index (χ1) is 10.3. The van der Waals surface area contributed by atoms with E-state index in [0.29, 0.717) is 22.9 Å². The number of nitrogens with zero attached hydrogens (tertiary/aromatic N) is 6. The summed E-state index contributed by atoms with van der Waals surface area (Å²) in [5.74, 6) is 1.22. The molecule has 0 unspecified atom stereocenters. The maximum absolute atomic E-state index is 9.34. The van der Waals surface area contributed by atoms with Crippen molar-refractivity contribution in [1.29, 1.82) is 5.26 Å². The van der Waals surface area contributed by atoms with Gasteiger partial charge in [0.2, 0.25) is 0 Å². The van der Waals surface area contributed by atoms with Gasteiger partial charge in [-0.25, -0.2) is 0 Å². The van der Waals surface area contributed by atoms with Gasteiger partial charge in [-0.05, 0) is 17.6 Å². The summed E-state index contributed by atoms with van der Waals surface area (Å²) in [7, 11) is 1.84. The number of hydrogen-bond donors (Lipinski definition) is 0. The van der Waals surface area contributed by atoms with Crippen molar-refractivity contribution >= 4 is 23.2 Å². The molecule has 0 atom stereocenters. The van der Waals surface area contributed by atoms with Crippen molar-refractivity contribution in [3.63, 3.8) is 0 Å². The second-order valence-corrected chi connectivity index (χ2v) is 4.88. The number of nitriles is 1. The lowest BCUT2D eigenvalue weighted by Crippen LogP contribution is -1.98. The van der Waals surface area contributed by atoms with Crippen LogP contribution in [0.25, 0.3) is 23.0 Å². The standard InChI is InChI=1S/C14H10N6S/c1-20-13(10-5-3-2-4-6-10)17-18-14(20)11(8-15)7-12-9-21-19-16-12/h2-7,9H,1H3/b11-7-. The fraction of sp³-hybridized carbons (Fsp3) is 0.0714. The van der Waals surface area contributed by atoms with Crippen LogP contribution in [0.4, 0.5) is 0 Å². The van der Waals surface area contributed by atoms with Gasteiger partial charge in [-0.15, -0.1) is 15.3 Å². The molecule has 0 saturated carbocycles. The first-order valence-electron chi connectivity index (χ1n) is 6.13. The largest absolute Gasteiger partial charge is 0.310 e. The number of hydrogen-bond acceptors (Lipinski definition) is 6. The van der Waals surface area contributed by atoms with Gasteiger partial charge in [-0.2, -0.15) is 5.26 Å². The van der Waals surface area contributed by atoms with Crippen molar-refractivity contribution in [3.05, 3.63) is 47.2 Å². The Kier molecular flexibility index (Phi) is 3.53. The van der Waals surface area contributed by atoms with Crippen LogP contribution in [0.1, 0.15) is 11.5 Å². The first-order valence-corrected chi connectivity index (χ1v) is 6.97. The molecule has 102 valence electrons. The highest BCUT2D eigenvalue weighted by atomic mass is 32.1. The predicted molar refractivity (Wildman–Crippen MR) is 79.8 cm³/mol. The van der Waals surface area contributed by atoms with Crippen molar-refractivity contribution in [1.82, 2.24) is 24.4 Å². The van der Waals surface area contributed by atoms with Gasteiger partial charge in [-0.1, -0.05) is 34.8 Å². The van der Waals surface area contributed by atoms with E-state index in [9.17, 15) is 5.26 Å². The average molecular weight is 294 g/mol. The van der Waals surface area contributed by atoms with Crippen molar-refractivity contribution in [2.24, 2.45) is 7.05 Å². The summed E-state index contributed by atoms with van der Waals surface area (Å²) in [6, 6.07) is 11.9. The van der Waals surface area contributed by atoms with E-state index in [1.165, 1.54) is 11.5 Å². The summed E-state index contributed by atoms with van der Waals surface area (Å²) in [5, 5.41) is 23.3. The molecule has 0 spiro atoms. The minimum Gasteiger partial charge on any atom is -0.310 e. The van der Waals surface area contributed by atoms with E-state index in [-0.39, 0.29) is 0 Å². The van der Waals surface area contributed by atoms with Crippen LogP contribution < -0.4 is 0 Å². The molecule has 0 aliphatic heterocycles. The highest BCUT2D eigenvalue weighted by molar-refractivity contribution is 7.03. The Morgan fingerprint density at radius 1 is 1.24 bits per heavy atom. The molecule has 0 bridgehead atoms. The average Bonchev–Trinajstić information content (AvgIpc) is 3.15. The van der Waals surface area contributed by atoms with Crippen LogP contribution in [-0.2, 0) is 7.05 Å². The molecule has 21 heavy (non-hydrogen) atoms. The topological polar surface area (TPSA) is 80.3 Å². The summed E-state index contributed by atoms with van der Waals surface area (Å²) < 4.78 is 5.57. The van der Waals surface area contributed by atoms with Gasteiger partial charge in [0.25, 0.3) is 0 Å². The molecule has 0 fully saturated rings. The van der Waals surface area contributed by atoms with E-state index in [1.807, 2.05) is 37.4 Å². The smallest absolute Gasteiger partial charge is 0.174 e. The Morgan fingerprint density at radius 3 is 2.71 bits per heavy atom. The second-order valence-electron chi connectivity index (χ2n) is 4.27. The molecule has 0 aliphatic rings. The SMILES string of the molecule is Cn1c(/C(C#N)=C\c2csnn2)nnc1-c1ccccc1. The first kappa shape index (κ1) is 13.1. The zero-order chi connectivity index (χ0) is 14.7. The van der Waals surface area contributed by atoms with E-state index in [4.69, 9.17) is 0 Å². The lowest BCUT2D eigenvalue weighted by atomic mass is 10.2. The van der Waals surface area contributed by atoms with Crippen LogP contribution in [-0.4, -0.2) is 24.4 Å². The number of benzene rings is 1. The monoisotopic (exact) mass is 294 g/mol. The molecule has 2 aromatic heterocycles. The number of aromatic nitrogens is 5. The molecular formula is C14H10N6S. The Bertz CT molecular complexity index is 811. The highest BCUT2D eigenvalue weighted by Crippen LogP contribution is 2.21. The molecular weight excluding hydrogens is 284 g/mol. The zero-order valence-corrected chi connectivity index (χ0v) is 11.9. The molecule has 0 N–H and O–H groups in total. The Hall–Kier alpha value is -2.85. The molecule has 7 heteroatoms. The third kappa shape index (κ3) is 2.57. The van der Waals surface area contributed by atoms with Crippen molar-refractivity contribution in [2.45, 2.75) is 0 Å². The fourth-order valence-electron chi connectivity index (χ4n) is 1.93. The quantitative estimate of drug-likeness (QED) is 0.693. The van der Waals surface area contributed by atoms with Crippen molar-refractivity contribution in [3.8, 4) is 17.5 Å². The maximum Gasteiger partial charge on any atom is 0.174 e. The summed E-state index contributed by atoms with van der Waals surface area (Å²) in [5.41, 5.74) is 1.99. The third-order valence-electron chi connectivity index (χ3n) is 2.94. The summed E-state index contributed by atoms with van der Waals surface area (Å²) in [6.07, 6.45) is 1.66. The van der Waals surface area contributed by atoms with Crippen LogP contribution in [0.15, 0.2) is 35.7 Å². The van der Waals surface area contributed by atoms with Gasteiger partial charge in [-0.3, -0.25) is 0 Å². The van der Waals surface area contributed by atoms with Gasteiger partial charge in [0.1, 0.15) is 6.07 Å². The van der Waals surface area contributed by atoms with Crippen molar-refractivity contribution in [2.75, 3.05) is 0 Å². The Balaban J connectivity index is 2.04. The minimum absolute atomic E-state index is 0.403. The Morgan fingerprint density at radius 2 is 2.05 bits per heavy atom. The zero-order valence-electron chi connectivity index (χ0n) is 11.1. The van der Waals surface area contributed by atoms with Crippen molar-refractivity contribution < 1.29 is 0 Å². The number of allylic oxidation sites excluding steroid dienone is 1. The molecule has 0 saturated heterocycles. The molecule has 1 aromatic carbocycles. The van der Waals surface area contributed by atoms with Crippen LogP contribution in [0.3, 0.4) is 0 Å². The maximum atomic E-state index is 9.34. The van der Waals surface area contributed by atoms with Gasteiger partial charge in [0.05, 0.1) is 11.3 Å². The lowest BCUT2D eigenvalue weighted by Gasteiger charge is -2.02. The van der Waals surface area contributed by atoms with E-state index in [1.54, 1.807) is 16.0 Å². The van der Waals surface area contributed by atoms with E-state index < -0.39 is 0 Å². The molecule has 6 nitrogen and oxygen atoms in total. The van der Waals surface area contributed by atoms with Crippen LogP contribution in [0, 0.1) is 11.3 Å². The predicted octanol–water partition coefficient (Wildman–Crippen LogP) is 2.40. The van der Waals surface area contributed by atoms with Gasteiger partial charge in [0.15, 0.2) is 11.6 Å². The van der Waals surface area contributed by atoms with Crippen LogP contribution in [0.2, 0.25) is 0 Å². The number of rotatable bonds is 3. The molecule has 3 aromatic rings. The molecule has 3 rings (SSSR count). The fourth-order valence-corrected chi connectivity index (χ4v) is 2.34. The normalized spacial score (nSPS) is 11.3. The third-order valence-corrected chi connectivity index (χ3v) is 3.46. The van der Waals surface area contributed by atoms with Gasteiger partial charge < -0.3 is 4.57 Å². The molecule has 2 heterocycles. The van der Waals surface area contributed by atoms with Gasteiger partial charge in [0, 0.05) is 18.0 Å². The summed E-state index contributed by atoms with van der Waals surface area (Å²) in [4.78, 5) is 0.